The standard InChI is InChI=1S/C6H12N4O.C2H4O2/c1-5(11)3-2-4-9-10-6(7)8;1-2(3)4/h4H,2-3H2,1H3,(H4,7,8,10);1H3,(H,3,4)/b9-4+;. The van der Waals surface area contributed by atoms with E-state index in [-0.39, 0.29) is 11.7 Å². The third kappa shape index (κ3) is 33.2. The Morgan fingerprint density at radius 2 is 1.80 bits per heavy atom. The van der Waals surface area contributed by atoms with Gasteiger partial charge in [0.1, 0.15) is 5.78 Å². The highest BCUT2D eigenvalue weighted by Crippen LogP contribution is 1.85. The summed E-state index contributed by atoms with van der Waals surface area (Å²) in [4.78, 5) is 19.4. The fraction of sp³-hybridized carbons (Fsp3) is 0.500. The smallest absolute Gasteiger partial charge is 0.300 e. The van der Waals surface area contributed by atoms with Gasteiger partial charge in [0.15, 0.2) is 0 Å². The number of Topliss-reactive ketones (excluding diaryl/α,β-unsaturated/α-hetero) is 1. The molecule has 0 aromatic rings. The quantitative estimate of drug-likeness (QED) is 0.337. The molecule has 0 bridgehead atoms. The van der Waals surface area contributed by atoms with Gasteiger partial charge in [-0.2, -0.15) is 5.10 Å². The molecule has 86 valence electrons. The average molecular weight is 216 g/mol. The molecule has 0 saturated carbocycles. The van der Waals surface area contributed by atoms with Crippen molar-refractivity contribution in [1.29, 1.82) is 0 Å². The second-order valence-electron chi connectivity index (χ2n) is 2.58. The SMILES string of the molecule is CC(=O)CC/C=N/N=C(N)N.CC(=O)O. The first-order chi connectivity index (χ1) is 6.86. The summed E-state index contributed by atoms with van der Waals surface area (Å²) in [6.45, 7) is 2.61. The van der Waals surface area contributed by atoms with Gasteiger partial charge in [0.25, 0.3) is 5.97 Å². The Morgan fingerprint density at radius 3 is 2.13 bits per heavy atom. The van der Waals surface area contributed by atoms with Crippen molar-refractivity contribution in [2.45, 2.75) is 26.7 Å². The highest BCUT2D eigenvalue weighted by atomic mass is 16.4. The topological polar surface area (TPSA) is 131 Å². The van der Waals surface area contributed by atoms with Gasteiger partial charge in [-0.15, -0.1) is 5.10 Å². The number of guanidine groups is 1. The van der Waals surface area contributed by atoms with Crippen LogP contribution in [0, 0.1) is 0 Å². The van der Waals surface area contributed by atoms with Crippen LogP contribution >= 0.6 is 0 Å². The molecule has 0 spiro atoms. The van der Waals surface area contributed by atoms with Crippen molar-refractivity contribution >= 4 is 23.9 Å². The first kappa shape index (κ1) is 15.5. The van der Waals surface area contributed by atoms with Crippen LogP contribution in [0.2, 0.25) is 0 Å². The Balaban J connectivity index is 0. The molecular weight excluding hydrogens is 200 g/mol. The molecule has 0 atom stereocenters. The van der Waals surface area contributed by atoms with Crippen LogP contribution in [-0.2, 0) is 9.59 Å². The molecule has 0 aliphatic heterocycles. The monoisotopic (exact) mass is 216 g/mol. The van der Waals surface area contributed by atoms with Gasteiger partial charge >= 0.3 is 0 Å². The minimum absolute atomic E-state index is 0.0796. The summed E-state index contributed by atoms with van der Waals surface area (Å²) in [5.41, 5.74) is 9.96. The third-order valence-electron chi connectivity index (χ3n) is 0.880. The lowest BCUT2D eigenvalue weighted by atomic mass is 10.2. The molecule has 5 N–H and O–H groups in total. The molecule has 0 aromatic heterocycles. The maximum Gasteiger partial charge on any atom is 0.300 e. The van der Waals surface area contributed by atoms with E-state index in [2.05, 4.69) is 10.2 Å². The zero-order valence-corrected chi connectivity index (χ0v) is 8.80. The third-order valence-corrected chi connectivity index (χ3v) is 0.880. The number of rotatable bonds is 4. The summed E-state index contributed by atoms with van der Waals surface area (Å²) >= 11 is 0. The largest absolute Gasteiger partial charge is 0.481 e. The van der Waals surface area contributed by atoms with Gasteiger partial charge in [-0.3, -0.25) is 4.79 Å². The Kier molecular flexibility index (Phi) is 10.5. The Bertz CT molecular complexity index is 253. The number of ketones is 1. The number of nitrogens with two attached hydrogens (primary N) is 2. The minimum atomic E-state index is -0.833. The van der Waals surface area contributed by atoms with Crippen molar-refractivity contribution in [1.82, 2.24) is 0 Å². The predicted molar refractivity (Wildman–Crippen MR) is 57.5 cm³/mol. The summed E-state index contributed by atoms with van der Waals surface area (Å²) in [5, 5.41) is 14.3. The first-order valence-corrected chi connectivity index (χ1v) is 4.15. The molecule has 0 saturated heterocycles. The molecule has 15 heavy (non-hydrogen) atoms. The van der Waals surface area contributed by atoms with Crippen molar-refractivity contribution in [2.75, 3.05) is 0 Å². The molecule has 0 unspecified atom stereocenters. The number of carboxylic acids is 1. The molecule has 0 amide bonds. The van der Waals surface area contributed by atoms with E-state index in [0.29, 0.717) is 12.8 Å². The van der Waals surface area contributed by atoms with Crippen molar-refractivity contribution in [3.63, 3.8) is 0 Å². The Morgan fingerprint density at radius 1 is 1.33 bits per heavy atom. The van der Waals surface area contributed by atoms with Crippen LogP contribution in [0.25, 0.3) is 0 Å². The van der Waals surface area contributed by atoms with Gasteiger partial charge in [-0.1, -0.05) is 0 Å². The van der Waals surface area contributed by atoms with Crippen LogP contribution in [0.1, 0.15) is 26.7 Å². The van der Waals surface area contributed by atoms with Gasteiger partial charge in [0, 0.05) is 19.6 Å². The van der Waals surface area contributed by atoms with E-state index in [4.69, 9.17) is 21.4 Å². The minimum Gasteiger partial charge on any atom is -0.481 e. The maximum absolute atomic E-state index is 10.4. The fourth-order valence-corrected chi connectivity index (χ4v) is 0.433. The zero-order valence-electron chi connectivity index (χ0n) is 8.80. The summed E-state index contributed by atoms with van der Waals surface area (Å²) in [5.74, 6) is -0.787. The Labute approximate surface area is 87.9 Å². The van der Waals surface area contributed by atoms with Gasteiger partial charge in [0.05, 0.1) is 0 Å². The molecule has 0 radical (unpaired) electrons. The molecular formula is C8H16N4O3. The van der Waals surface area contributed by atoms with Gasteiger partial charge in [-0.05, 0) is 13.3 Å². The highest BCUT2D eigenvalue weighted by molar-refractivity contribution is 5.79. The predicted octanol–water partition coefficient (Wildman–Crippen LogP) is -0.294. The van der Waals surface area contributed by atoms with Gasteiger partial charge in [-0.25, -0.2) is 0 Å². The molecule has 7 nitrogen and oxygen atoms in total. The maximum atomic E-state index is 10.4. The van der Waals surface area contributed by atoms with E-state index in [1.807, 2.05) is 0 Å². The van der Waals surface area contributed by atoms with Crippen LogP contribution in [0.4, 0.5) is 0 Å². The van der Waals surface area contributed by atoms with E-state index in [1.54, 1.807) is 0 Å². The normalized spacial score (nSPS) is 8.93. The van der Waals surface area contributed by atoms with Crippen molar-refractivity contribution in [2.24, 2.45) is 21.7 Å². The van der Waals surface area contributed by atoms with Crippen LogP contribution < -0.4 is 11.5 Å². The molecule has 0 heterocycles. The number of nitrogens with zero attached hydrogens (tertiary/aromatic N) is 2. The van der Waals surface area contributed by atoms with Crippen LogP contribution in [0.5, 0.6) is 0 Å². The van der Waals surface area contributed by atoms with Gasteiger partial charge in [0.2, 0.25) is 5.96 Å². The lowest BCUT2D eigenvalue weighted by Crippen LogP contribution is -2.21. The summed E-state index contributed by atoms with van der Waals surface area (Å²) < 4.78 is 0. The Hall–Kier alpha value is -1.92. The molecule has 0 aliphatic carbocycles. The molecule has 0 aromatic carbocycles. The number of carbonyl (C=O) groups excluding carboxylic acids is 1. The lowest BCUT2D eigenvalue weighted by Gasteiger charge is -1.86. The van der Waals surface area contributed by atoms with E-state index in [0.717, 1.165) is 6.92 Å². The number of hydrogen-bond donors (Lipinski definition) is 3. The number of carboxylic acid groups (broad SMARTS) is 1. The van der Waals surface area contributed by atoms with E-state index >= 15 is 0 Å². The number of carbonyl (C=O) groups is 2. The van der Waals surface area contributed by atoms with Crippen LogP contribution in [0.3, 0.4) is 0 Å². The van der Waals surface area contributed by atoms with Crippen molar-refractivity contribution in [3.05, 3.63) is 0 Å². The van der Waals surface area contributed by atoms with E-state index < -0.39 is 5.97 Å². The number of aliphatic carboxylic acids is 1. The summed E-state index contributed by atoms with van der Waals surface area (Å²) in [7, 11) is 0. The molecule has 0 rings (SSSR count). The fourth-order valence-electron chi connectivity index (χ4n) is 0.433. The van der Waals surface area contributed by atoms with E-state index in [1.165, 1.54) is 13.1 Å². The first-order valence-electron chi connectivity index (χ1n) is 4.15. The average Bonchev–Trinajstić information content (AvgIpc) is 2.01. The van der Waals surface area contributed by atoms with Crippen molar-refractivity contribution in [3.8, 4) is 0 Å². The zero-order chi connectivity index (χ0) is 12.3. The highest BCUT2D eigenvalue weighted by Gasteiger charge is 1.88. The van der Waals surface area contributed by atoms with E-state index in [9.17, 15) is 4.79 Å². The van der Waals surface area contributed by atoms with Crippen LogP contribution in [0.15, 0.2) is 10.2 Å². The molecule has 7 heteroatoms. The second-order valence-corrected chi connectivity index (χ2v) is 2.58. The molecule has 0 fully saturated rings. The lowest BCUT2D eigenvalue weighted by molar-refractivity contribution is -0.134. The van der Waals surface area contributed by atoms with Crippen molar-refractivity contribution < 1.29 is 14.7 Å². The summed E-state index contributed by atoms with van der Waals surface area (Å²) in [6.07, 6.45) is 2.55. The second kappa shape index (κ2) is 10.2. The van der Waals surface area contributed by atoms with Gasteiger partial charge < -0.3 is 21.4 Å². The summed E-state index contributed by atoms with van der Waals surface area (Å²) in [6, 6.07) is 0. The molecule has 0 aliphatic rings. The van der Waals surface area contributed by atoms with Crippen LogP contribution in [-0.4, -0.2) is 29.0 Å². The number of hydrogen-bond acceptors (Lipinski definition) is 4.